The SMILES string of the molecule is CC(C)C(N)CCN(C)CC(=O)N(C)c1ccccc1. The lowest BCUT2D eigenvalue weighted by molar-refractivity contribution is -0.119. The second-order valence-corrected chi connectivity index (χ2v) is 5.72. The molecule has 0 aromatic heterocycles. The lowest BCUT2D eigenvalue weighted by Gasteiger charge is -2.24. The highest BCUT2D eigenvalue weighted by Gasteiger charge is 2.14. The quantitative estimate of drug-likeness (QED) is 0.829. The second-order valence-electron chi connectivity index (χ2n) is 5.72. The van der Waals surface area contributed by atoms with Gasteiger partial charge in [0.1, 0.15) is 0 Å². The molecule has 112 valence electrons. The summed E-state index contributed by atoms with van der Waals surface area (Å²) in [6, 6.07) is 9.88. The van der Waals surface area contributed by atoms with Gasteiger partial charge in [-0.05, 0) is 38.1 Å². The predicted molar refractivity (Wildman–Crippen MR) is 84.8 cm³/mol. The lowest BCUT2D eigenvalue weighted by atomic mass is 10.0. The number of benzene rings is 1. The van der Waals surface area contributed by atoms with Crippen LogP contribution in [0.15, 0.2) is 30.3 Å². The van der Waals surface area contributed by atoms with Crippen LogP contribution in [0.2, 0.25) is 0 Å². The zero-order valence-electron chi connectivity index (χ0n) is 13.0. The fourth-order valence-corrected chi connectivity index (χ4v) is 1.91. The van der Waals surface area contributed by atoms with E-state index in [9.17, 15) is 4.79 Å². The Hall–Kier alpha value is -1.39. The molecule has 1 atom stereocenters. The first-order valence-corrected chi connectivity index (χ1v) is 7.17. The summed E-state index contributed by atoms with van der Waals surface area (Å²) in [6.45, 7) is 5.50. The topological polar surface area (TPSA) is 49.6 Å². The highest BCUT2D eigenvalue weighted by atomic mass is 16.2. The monoisotopic (exact) mass is 277 g/mol. The molecule has 0 aliphatic carbocycles. The molecule has 0 spiro atoms. The van der Waals surface area contributed by atoms with Crippen LogP contribution in [0.5, 0.6) is 0 Å². The van der Waals surface area contributed by atoms with Crippen LogP contribution < -0.4 is 10.6 Å². The predicted octanol–water partition coefficient (Wildman–Crippen LogP) is 1.95. The van der Waals surface area contributed by atoms with E-state index in [-0.39, 0.29) is 11.9 Å². The van der Waals surface area contributed by atoms with Crippen LogP contribution in [0.1, 0.15) is 20.3 Å². The zero-order chi connectivity index (χ0) is 15.1. The molecule has 20 heavy (non-hydrogen) atoms. The van der Waals surface area contributed by atoms with Crippen molar-refractivity contribution in [3.8, 4) is 0 Å². The number of hydrogen-bond acceptors (Lipinski definition) is 3. The van der Waals surface area contributed by atoms with Crippen molar-refractivity contribution in [2.75, 3.05) is 32.1 Å². The third kappa shape index (κ3) is 5.31. The van der Waals surface area contributed by atoms with Crippen LogP contribution in [0.3, 0.4) is 0 Å². The van der Waals surface area contributed by atoms with Gasteiger partial charge >= 0.3 is 0 Å². The maximum Gasteiger partial charge on any atom is 0.240 e. The maximum atomic E-state index is 12.2. The highest BCUT2D eigenvalue weighted by molar-refractivity contribution is 5.94. The van der Waals surface area contributed by atoms with Crippen molar-refractivity contribution in [1.82, 2.24) is 4.90 Å². The van der Waals surface area contributed by atoms with Gasteiger partial charge in [0, 0.05) is 18.8 Å². The number of carbonyl (C=O) groups excluding carboxylic acids is 1. The first-order valence-electron chi connectivity index (χ1n) is 7.17. The van der Waals surface area contributed by atoms with E-state index in [0.29, 0.717) is 12.5 Å². The standard InChI is InChI=1S/C16H27N3O/c1-13(2)15(17)10-11-18(3)12-16(20)19(4)14-8-6-5-7-9-14/h5-9,13,15H,10-12,17H2,1-4H3. The molecule has 0 aliphatic heterocycles. The Labute approximate surface area is 122 Å². The molecule has 2 N–H and O–H groups in total. The normalized spacial score (nSPS) is 12.8. The third-order valence-electron chi connectivity index (χ3n) is 3.62. The molecule has 1 aromatic carbocycles. The summed E-state index contributed by atoms with van der Waals surface area (Å²) in [4.78, 5) is 15.9. The molecule has 0 bridgehead atoms. The summed E-state index contributed by atoms with van der Waals surface area (Å²) in [6.07, 6.45) is 0.913. The van der Waals surface area contributed by atoms with Crippen LogP contribution in [-0.2, 0) is 4.79 Å². The van der Waals surface area contributed by atoms with Crippen molar-refractivity contribution in [3.05, 3.63) is 30.3 Å². The maximum absolute atomic E-state index is 12.2. The zero-order valence-corrected chi connectivity index (χ0v) is 13.0. The summed E-state index contributed by atoms with van der Waals surface area (Å²) < 4.78 is 0. The van der Waals surface area contributed by atoms with Crippen LogP contribution in [0, 0.1) is 5.92 Å². The molecule has 0 saturated heterocycles. The van der Waals surface area contributed by atoms with Crippen molar-refractivity contribution in [2.45, 2.75) is 26.3 Å². The number of anilines is 1. The van der Waals surface area contributed by atoms with Crippen molar-refractivity contribution < 1.29 is 4.79 Å². The van der Waals surface area contributed by atoms with E-state index in [4.69, 9.17) is 5.73 Å². The number of hydrogen-bond donors (Lipinski definition) is 1. The van der Waals surface area contributed by atoms with Gasteiger partial charge in [0.15, 0.2) is 0 Å². The minimum absolute atomic E-state index is 0.0943. The molecule has 1 amide bonds. The molecule has 1 unspecified atom stereocenters. The fraction of sp³-hybridized carbons (Fsp3) is 0.562. The van der Waals surface area contributed by atoms with Crippen molar-refractivity contribution in [2.24, 2.45) is 11.7 Å². The molecule has 1 rings (SSSR count). The summed E-state index contributed by atoms with van der Waals surface area (Å²) in [7, 11) is 3.77. The number of para-hydroxylation sites is 1. The van der Waals surface area contributed by atoms with Gasteiger partial charge in [-0.2, -0.15) is 0 Å². The van der Waals surface area contributed by atoms with Gasteiger partial charge in [-0.1, -0.05) is 32.0 Å². The molecule has 1 aromatic rings. The van der Waals surface area contributed by atoms with Crippen molar-refractivity contribution >= 4 is 11.6 Å². The number of rotatable bonds is 7. The average Bonchev–Trinajstić information content (AvgIpc) is 2.44. The van der Waals surface area contributed by atoms with E-state index in [1.165, 1.54) is 0 Å². The number of nitrogens with zero attached hydrogens (tertiary/aromatic N) is 2. The average molecular weight is 277 g/mol. The molecular formula is C16H27N3O. The molecule has 4 heteroatoms. The van der Waals surface area contributed by atoms with Gasteiger partial charge in [-0.3, -0.25) is 9.69 Å². The van der Waals surface area contributed by atoms with Crippen molar-refractivity contribution in [1.29, 1.82) is 0 Å². The number of nitrogens with two attached hydrogens (primary N) is 1. The minimum Gasteiger partial charge on any atom is -0.327 e. The smallest absolute Gasteiger partial charge is 0.240 e. The van der Waals surface area contributed by atoms with E-state index in [1.54, 1.807) is 4.90 Å². The van der Waals surface area contributed by atoms with E-state index in [0.717, 1.165) is 18.7 Å². The lowest BCUT2D eigenvalue weighted by Crippen LogP contribution is -2.39. The Balaban J connectivity index is 2.42. The Kier molecular flexibility index (Phi) is 6.68. The fourth-order valence-electron chi connectivity index (χ4n) is 1.91. The Morgan fingerprint density at radius 1 is 1.20 bits per heavy atom. The van der Waals surface area contributed by atoms with E-state index in [1.807, 2.05) is 49.3 Å². The van der Waals surface area contributed by atoms with Crippen LogP contribution in [0.25, 0.3) is 0 Å². The molecule has 0 aliphatic rings. The molecule has 0 radical (unpaired) electrons. The Bertz CT molecular complexity index is 405. The summed E-state index contributed by atoms with van der Waals surface area (Å²) in [5.41, 5.74) is 6.95. The molecule has 0 heterocycles. The second kappa shape index (κ2) is 8.02. The highest BCUT2D eigenvalue weighted by Crippen LogP contribution is 2.11. The molecular weight excluding hydrogens is 250 g/mol. The van der Waals surface area contributed by atoms with Gasteiger partial charge < -0.3 is 10.6 Å². The Morgan fingerprint density at radius 3 is 2.35 bits per heavy atom. The summed E-state index contributed by atoms with van der Waals surface area (Å²) in [5, 5.41) is 0. The van der Waals surface area contributed by atoms with Crippen LogP contribution in [0.4, 0.5) is 5.69 Å². The van der Waals surface area contributed by atoms with E-state index < -0.39 is 0 Å². The first kappa shape index (κ1) is 16.7. The number of likely N-dealkylation sites (N-methyl/N-ethyl adjacent to an activating group) is 2. The van der Waals surface area contributed by atoms with Crippen molar-refractivity contribution in [3.63, 3.8) is 0 Å². The molecule has 0 fully saturated rings. The number of amides is 1. The minimum atomic E-state index is 0.0943. The summed E-state index contributed by atoms with van der Waals surface area (Å²) >= 11 is 0. The molecule has 4 nitrogen and oxygen atoms in total. The van der Waals surface area contributed by atoms with Gasteiger partial charge in [0.25, 0.3) is 0 Å². The van der Waals surface area contributed by atoms with Gasteiger partial charge in [-0.15, -0.1) is 0 Å². The number of carbonyl (C=O) groups is 1. The van der Waals surface area contributed by atoms with E-state index in [2.05, 4.69) is 13.8 Å². The van der Waals surface area contributed by atoms with Crippen LogP contribution in [-0.4, -0.2) is 44.0 Å². The van der Waals surface area contributed by atoms with Gasteiger partial charge in [0.2, 0.25) is 5.91 Å². The van der Waals surface area contributed by atoms with Crippen LogP contribution >= 0.6 is 0 Å². The third-order valence-corrected chi connectivity index (χ3v) is 3.62. The largest absolute Gasteiger partial charge is 0.327 e. The molecule has 0 saturated carbocycles. The van der Waals surface area contributed by atoms with E-state index >= 15 is 0 Å². The van der Waals surface area contributed by atoms with Gasteiger partial charge in [0.05, 0.1) is 6.54 Å². The van der Waals surface area contributed by atoms with Gasteiger partial charge in [-0.25, -0.2) is 0 Å². The Morgan fingerprint density at radius 2 is 1.80 bits per heavy atom. The first-order chi connectivity index (χ1) is 9.41. The summed E-state index contributed by atoms with van der Waals surface area (Å²) in [5.74, 6) is 0.572.